The molecule has 0 saturated carbocycles. The van der Waals surface area contributed by atoms with Crippen molar-refractivity contribution in [2.75, 3.05) is 0 Å². The number of benzene rings is 3. The summed E-state index contributed by atoms with van der Waals surface area (Å²) in [5.41, 5.74) is 3.42. The Morgan fingerprint density at radius 1 is 0.714 bits per heavy atom. The number of carbonyl (C=O) groups excluding carboxylic acids is 2. The van der Waals surface area contributed by atoms with Gasteiger partial charge >= 0.3 is 11.9 Å². The van der Waals surface area contributed by atoms with E-state index in [-0.39, 0.29) is 5.75 Å². The van der Waals surface area contributed by atoms with Gasteiger partial charge in [-0.3, -0.25) is 0 Å². The van der Waals surface area contributed by atoms with Crippen LogP contribution in [0.1, 0.15) is 44.3 Å². The molecular formula is C24H22O4. The molecule has 4 nitrogen and oxygen atoms in total. The van der Waals surface area contributed by atoms with E-state index in [1.807, 2.05) is 39.0 Å². The van der Waals surface area contributed by atoms with Crippen molar-refractivity contribution in [3.63, 3.8) is 0 Å². The minimum absolute atomic E-state index is 0.278. The lowest BCUT2D eigenvalue weighted by atomic mass is 10.0. The Morgan fingerprint density at radius 2 is 1.18 bits per heavy atom. The summed E-state index contributed by atoms with van der Waals surface area (Å²) >= 11 is 0. The lowest BCUT2D eigenvalue weighted by Crippen LogP contribution is -2.15. The zero-order chi connectivity index (χ0) is 20.1. The first-order chi connectivity index (χ1) is 13.5. The Hall–Kier alpha value is -3.40. The van der Waals surface area contributed by atoms with Gasteiger partial charge in [0.05, 0.1) is 11.1 Å². The van der Waals surface area contributed by atoms with Crippen molar-refractivity contribution in [3.8, 4) is 11.5 Å². The fraction of sp³-hybridized carbons (Fsp3) is 0.167. The van der Waals surface area contributed by atoms with E-state index in [0.29, 0.717) is 23.3 Å². The SMILES string of the molecule is CCc1c(C)cc(C)c(OC(=O)c2ccccc2)c1OC(=O)c1ccccc1. The van der Waals surface area contributed by atoms with Crippen LogP contribution in [0.3, 0.4) is 0 Å². The molecule has 4 heteroatoms. The van der Waals surface area contributed by atoms with E-state index in [1.165, 1.54) is 0 Å². The van der Waals surface area contributed by atoms with Crippen LogP contribution in [0.5, 0.6) is 11.5 Å². The van der Waals surface area contributed by atoms with Crippen LogP contribution in [0.4, 0.5) is 0 Å². The van der Waals surface area contributed by atoms with E-state index in [1.54, 1.807) is 48.5 Å². The van der Waals surface area contributed by atoms with Crippen LogP contribution in [0.25, 0.3) is 0 Å². The Morgan fingerprint density at radius 3 is 1.64 bits per heavy atom. The van der Waals surface area contributed by atoms with E-state index in [2.05, 4.69) is 0 Å². The molecule has 0 fully saturated rings. The molecule has 0 heterocycles. The maximum atomic E-state index is 12.7. The number of esters is 2. The third-order valence-corrected chi connectivity index (χ3v) is 4.51. The average molecular weight is 374 g/mol. The molecule has 0 aromatic heterocycles. The van der Waals surface area contributed by atoms with Crippen LogP contribution < -0.4 is 9.47 Å². The molecule has 3 rings (SSSR count). The summed E-state index contributed by atoms with van der Waals surface area (Å²) < 4.78 is 11.4. The Balaban J connectivity index is 2.01. The standard InChI is InChI=1S/C24H22O4/c1-4-20-16(2)15-17(3)21(27-23(25)18-11-7-5-8-12-18)22(20)28-24(26)19-13-9-6-10-14-19/h5-15H,4H2,1-3H3. The first-order valence-corrected chi connectivity index (χ1v) is 9.18. The fourth-order valence-electron chi connectivity index (χ4n) is 3.10. The van der Waals surface area contributed by atoms with Gasteiger partial charge in [-0.2, -0.15) is 0 Å². The smallest absolute Gasteiger partial charge is 0.343 e. The molecule has 0 radical (unpaired) electrons. The van der Waals surface area contributed by atoms with Gasteiger partial charge < -0.3 is 9.47 Å². The summed E-state index contributed by atoms with van der Waals surface area (Å²) in [7, 11) is 0. The molecule has 3 aromatic carbocycles. The molecule has 28 heavy (non-hydrogen) atoms. The monoisotopic (exact) mass is 374 g/mol. The average Bonchev–Trinajstić information content (AvgIpc) is 2.72. The molecular weight excluding hydrogens is 352 g/mol. The Labute approximate surface area is 164 Å². The second-order valence-corrected chi connectivity index (χ2v) is 6.51. The molecule has 142 valence electrons. The maximum absolute atomic E-state index is 12.7. The first-order valence-electron chi connectivity index (χ1n) is 9.18. The molecule has 0 atom stereocenters. The summed E-state index contributed by atoms with van der Waals surface area (Å²) in [6.07, 6.45) is 0.638. The molecule has 0 saturated heterocycles. The lowest BCUT2D eigenvalue weighted by molar-refractivity contribution is 0.0680. The van der Waals surface area contributed by atoms with Gasteiger partial charge in [0.15, 0.2) is 11.5 Å². The second kappa shape index (κ2) is 8.53. The number of aryl methyl sites for hydroxylation is 2. The Bertz CT molecular complexity index is 992. The van der Waals surface area contributed by atoms with Crippen LogP contribution in [-0.4, -0.2) is 11.9 Å². The van der Waals surface area contributed by atoms with Gasteiger partial charge in [-0.15, -0.1) is 0 Å². The predicted octanol–water partition coefficient (Wildman–Crippen LogP) is 5.30. The number of ether oxygens (including phenoxy) is 2. The van der Waals surface area contributed by atoms with Crippen molar-refractivity contribution >= 4 is 11.9 Å². The summed E-state index contributed by atoms with van der Waals surface area (Å²) in [6.45, 7) is 5.76. The largest absolute Gasteiger partial charge is 0.419 e. The highest BCUT2D eigenvalue weighted by molar-refractivity contribution is 5.93. The molecule has 0 aliphatic heterocycles. The minimum atomic E-state index is -0.494. The predicted molar refractivity (Wildman–Crippen MR) is 108 cm³/mol. The maximum Gasteiger partial charge on any atom is 0.343 e. The van der Waals surface area contributed by atoms with E-state index in [4.69, 9.17) is 9.47 Å². The van der Waals surface area contributed by atoms with Crippen molar-refractivity contribution in [1.29, 1.82) is 0 Å². The highest BCUT2D eigenvalue weighted by Crippen LogP contribution is 2.38. The normalized spacial score (nSPS) is 10.4. The summed E-state index contributed by atoms with van der Waals surface area (Å²) in [4.78, 5) is 25.2. The third kappa shape index (κ3) is 4.12. The summed E-state index contributed by atoms with van der Waals surface area (Å²) in [5, 5.41) is 0. The van der Waals surface area contributed by atoms with Gasteiger partial charge in [-0.25, -0.2) is 9.59 Å². The molecule has 0 spiro atoms. The topological polar surface area (TPSA) is 52.6 Å². The van der Waals surface area contributed by atoms with Gasteiger partial charge in [0.25, 0.3) is 0 Å². The zero-order valence-electron chi connectivity index (χ0n) is 16.2. The van der Waals surface area contributed by atoms with Crippen LogP contribution in [-0.2, 0) is 6.42 Å². The van der Waals surface area contributed by atoms with Gasteiger partial charge in [-0.05, 0) is 55.7 Å². The van der Waals surface area contributed by atoms with Crippen LogP contribution in [0, 0.1) is 13.8 Å². The molecule has 0 bridgehead atoms. The van der Waals surface area contributed by atoms with Crippen LogP contribution in [0.15, 0.2) is 66.7 Å². The van der Waals surface area contributed by atoms with Crippen LogP contribution >= 0.6 is 0 Å². The van der Waals surface area contributed by atoms with Crippen molar-refractivity contribution in [3.05, 3.63) is 94.5 Å². The van der Waals surface area contributed by atoms with Gasteiger partial charge in [0, 0.05) is 5.56 Å². The number of hydrogen-bond acceptors (Lipinski definition) is 4. The van der Waals surface area contributed by atoms with Gasteiger partial charge in [0.2, 0.25) is 0 Å². The molecule has 0 amide bonds. The quantitative estimate of drug-likeness (QED) is 0.449. The number of hydrogen-bond donors (Lipinski definition) is 0. The fourth-order valence-corrected chi connectivity index (χ4v) is 3.10. The highest BCUT2D eigenvalue weighted by atomic mass is 16.6. The van der Waals surface area contributed by atoms with Crippen molar-refractivity contribution in [2.45, 2.75) is 27.2 Å². The van der Waals surface area contributed by atoms with Crippen molar-refractivity contribution in [1.82, 2.24) is 0 Å². The summed E-state index contributed by atoms with van der Waals surface area (Å²) in [5.74, 6) is -0.400. The third-order valence-electron chi connectivity index (χ3n) is 4.51. The van der Waals surface area contributed by atoms with Gasteiger partial charge in [0.1, 0.15) is 0 Å². The van der Waals surface area contributed by atoms with E-state index in [0.717, 1.165) is 16.7 Å². The van der Waals surface area contributed by atoms with E-state index < -0.39 is 11.9 Å². The molecule has 0 unspecified atom stereocenters. The second-order valence-electron chi connectivity index (χ2n) is 6.51. The molecule has 0 aliphatic carbocycles. The van der Waals surface area contributed by atoms with Crippen molar-refractivity contribution < 1.29 is 19.1 Å². The lowest BCUT2D eigenvalue weighted by Gasteiger charge is -2.18. The Kier molecular flexibility index (Phi) is 5.90. The summed E-state index contributed by atoms with van der Waals surface area (Å²) in [6, 6.07) is 19.4. The number of rotatable bonds is 5. The molecule has 0 N–H and O–H groups in total. The minimum Gasteiger partial charge on any atom is -0.419 e. The number of carbonyl (C=O) groups is 2. The van der Waals surface area contributed by atoms with E-state index >= 15 is 0 Å². The molecule has 0 aliphatic rings. The van der Waals surface area contributed by atoms with E-state index in [9.17, 15) is 9.59 Å². The first kappa shape index (κ1) is 19.4. The highest BCUT2D eigenvalue weighted by Gasteiger charge is 2.22. The van der Waals surface area contributed by atoms with Gasteiger partial charge in [-0.1, -0.05) is 49.4 Å². The molecule has 3 aromatic rings. The van der Waals surface area contributed by atoms with Crippen LogP contribution in [0.2, 0.25) is 0 Å². The zero-order valence-corrected chi connectivity index (χ0v) is 16.2. The van der Waals surface area contributed by atoms with Crippen molar-refractivity contribution in [2.24, 2.45) is 0 Å².